The molecule has 1 aliphatic carbocycles. The molecule has 0 saturated heterocycles. The van der Waals surface area contributed by atoms with Crippen molar-refractivity contribution in [3.05, 3.63) is 35.9 Å². The summed E-state index contributed by atoms with van der Waals surface area (Å²) in [4.78, 5) is 24.0. The Morgan fingerprint density at radius 1 is 1.20 bits per heavy atom. The molecule has 1 saturated carbocycles. The van der Waals surface area contributed by atoms with Crippen LogP contribution >= 0.6 is 0 Å². The van der Waals surface area contributed by atoms with Crippen LogP contribution in [0, 0.1) is 5.41 Å². The van der Waals surface area contributed by atoms with E-state index in [2.05, 4.69) is 5.32 Å². The number of esters is 1. The highest BCUT2D eigenvalue weighted by molar-refractivity contribution is 5.86. The maximum absolute atomic E-state index is 12.1. The van der Waals surface area contributed by atoms with Crippen molar-refractivity contribution in [2.75, 3.05) is 13.2 Å². The van der Waals surface area contributed by atoms with Gasteiger partial charge in [-0.3, -0.25) is 9.59 Å². The first-order valence-corrected chi connectivity index (χ1v) is 8.88. The zero-order valence-electron chi connectivity index (χ0n) is 14.6. The Bertz CT molecular complexity index is 556. The van der Waals surface area contributed by atoms with Crippen LogP contribution in [0.5, 0.6) is 0 Å². The molecule has 0 spiro atoms. The van der Waals surface area contributed by atoms with Crippen LogP contribution in [0.1, 0.15) is 44.1 Å². The standard InChI is InChI=1S/C19H28N2O4/c20-16(11-17(23)25-12-15-7-3-1-4-8-15)18(24)21-13-19(14-22)9-5-2-6-10-19/h1,3-4,7-8,16,22H,2,5-6,9-14,20H2,(H,21,24)/t16-/m0/s1. The SMILES string of the molecule is N[C@@H](CC(=O)OCc1ccccc1)C(=O)NCC1(CO)CCCCC1. The predicted molar refractivity (Wildman–Crippen MR) is 94.4 cm³/mol. The number of amides is 1. The number of nitrogens with two attached hydrogens (primary N) is 1. The van der Waals surface area contributed by atoms with E-state index in [4.69, 9.17) is 10.5 Å². The molecule has 0 bridgehead atoms. The normalized spacial score (nSPS) is 17.5. The van der Waals surface area contributed by atoms with Crippen molar-refractivity contribution in [1.82, 2.24) is 5.32 Å². The van der Waals surface area contributed by atoms with Gasteiger partial charge in [-0.15, -0.1) is 0 Å². The summed E-state index contributed by atoms with van der Waals surface area (Å²) < 4.78 is 5.15. The molecule has 1 atom stereocenters. The van der Waals surface area contributed by atoms with Crippen molar-refractivity contribution in [1.29, 1.82) is 0 Å². The Kier molecular flexibility index (Phi) is 7.40. The molecule has 0 aromatic heterocycles. The van der Waals surface area contributed by atoms with Gasteiger partial charge in [0.2, 0.25) is 5.91 Å². The smallest absolute Gasteiger partial charge is 0.308 e. The van der Waals surface area contributed by atoms with E-state index in [1.54, 1.807) is 0 Å². The molecule has 1 fully saturated rings. The lowest BCUT2D eigenvalue weighted by Crippen LogP contribution is -2.47. The quantitative estimate of drug-likeness (QED) is 0.618. The Morgan fingerprint density at radius 3 is 2.52 bits per heavy atom. The van der Waals surface area contributed by atoms with Gasteiger partial charge in [0.05, 0.1) is 19.1 Å². The number of rotatable bonds is 8. The fourth-order valence-electron chi connectivity index (χ4n) is 3.17. The molecule has 1 aromatic carbocycles. The number of carbonyl (C=O) groups is 2. The number of hydrogen-bond acceptors (Lipinski definition) is 5. The molecule has 0 heterocycles. The highest BCUT2D eigenvalue weighted by Crippen LogP contribution is 2.35. The minimum atomic E-state index is -0.942. The molecular formula is C19H28N2O4. The number of ether oxygens (including phenoxy) is 1. The number of carbonyl (C=O) groups excluding carboxylic acids is 2. The second-order valence-corrected chi connectivity index (χ2v) is 6.89. The molecule has 1 aliphatic rings. The molecule has 0 radical (unpaired) electrons. The van der Waals surface area contributed by atoms with Gasteiger partial charge in [0.1, 0.15) is 6.61 Å². The van der Waals surface area contributed by atoms with Gasteiger partial charge in [-0.1, -0.05) is 49.6 Å². The van der Waals surface area contributed by atoms with E-state index in [9.17, 15) is 14.7 Å². The van der Waals surface area contributed by atoms with Crippen molar-refractivity contribution in [3.8, 4) is 0 Å². The summed E-state index contributed by atoms with van der Waals surface area (Å²) in [5.41, 5.74) is 6.45. The van der Waals surface area contributed by atoms with Gasteiger partial charge in [-0.05, 0) is 18.4 Å². The number of aliphatic hydroxyl groups is 1. The van der Waals surface area contributed by atoms with E-state index in [1.165, 1.54) is 6.42 Å². The summed E-state index contributed by atoms with van der Waals surface area (Å²) in [5.74, 6) is -0.879. The largest absolute Gasteiger partial charge is 0.461 e. The average molecular weight is 348 g/mol. The van der Waals surface area contributed by atoms with Crippen LogP contribution in [0.25, 0.3) is 0 Å². The number of nitrogens with one attached hydrogen (secondary N) is 1. The number of benzene rings is 1. The fourth-order valence-corrected chi connectivity index (χ4v) is 3.17. The highest BCUT2D eigenvalue weighted by Gasteiger charge is 2.32. The Hall–Kier alpha value is -1.92. The van der Waals surface area contributed by atoms with E-state index in [1.807, 2.05) is 30.3 Å². The van der Waals surface area contributed by atoms with Crippen LogP contribution in [0.15, 0.2) is 30.3 Å². The summed E-state index contributed by atoms with van der Waals surface area (Å²) in [6.45, 7) is 0.623. The molecule has 25 heavy (non-hydrogen) atoms. The second-order valence-electron chi connectivity index (χ2n) is 6.89. The van der Waals surface area contributed by atoms with Gasteiger partial charge in [0.25, 0.3) is 0 Å². The molecule has 6 nitrogen and oxygen atoms in total. The van der Waals surface area contributed by atoms with Crippen LogP contribution in [0.2, 0.25) is 0 Å². The third-order valence-electron chi connectivity index (χ3n) is 4.85. The zero-order chi connectivity index (χ0) is 18.1. The van der Waals surface area contributed by atoms with Gasteiger partial charge in [-0.25, -0.2) is 0 Å². The molecule has 0 unspecified atom stereocenters. The highest BCUT2D eigenvalue weighted by atomic mass is 16.5. The molecule has 138 valence electrons. The fraction of sp³-hybridized carbons (Fsp3) is 0.579. The lowest BCUT2D eigenvalue weighted by Gasteiger charge is -2.35. The average Bonchev–Trinajstić information content (AvgIpc) is 2.66. The summed E-state index contributed by atoms with van der Waals surface area (Å²) >= 11 is 0. The van der Waals surface area contributed by atoms with Crippen LogP contribution in [0.4, 0.5) is 0 Å². The van der Waals surface area contributed by atoms with Gasteiger partial charge < -0.3 is 20.9 Å². The van der Waals surface area contributed by atoms with E-state index in [-0.39, 0.29) is 31.0 Å². The third-order valence-corrected chi connectivity index (χ3v) is 4.85. The van der Waals surface area contributed by atoms with Crippen LogP contribution in [-0.2, 0) is 20.9 Å². The lowest BCUT2D eigenvalue weighted by molar-refractivity contribution is -0.146. The third kappa shape index (κ3) is 6.14. The molecule has 4 N–H and O–H groups in total. The predicted octanol–water partition coefficient (Wildman–Crippen LogP) is 1.51. The Labute approximate surface area is 148 Å². The summed E-state index contributed by atoms with van der Waals surface area (Å²) in [6.07, 6.45) is 4.94. The maximum atomic E-state index is 12.1. The number of hydrogen-bond donors (Lipinski definition) is 3. The molecular weight excluding hydrogens is 320 g/mol. The first-order chi connectivity index (χ1) is 12.0. The molecule has 1 amide bonds. The van der Waals surface area contributed by atoms with Gasteiger partial charge in [-0.2, -0.15) is 0 Å². The monoisotopic (exact) mass is 348 g/mol. The van der Waals surface area contributed by atoms with Crippen molar-refractivity contribution in [2.24, 2.45) is 11.1 Å². The zero-order valence-corrected chi connectivity index (χ0v) is 14.6. The van der Waals surface area contributed by atoms with E-state index in [0.717, 1.165) is 31.2 Å². The van der Waals surface area contributed by atoms with E-state index in [0.29, 0.717) is 6.54 Å². The van der Waals surface area contributed by atoms with E-state index >= 15 is 0 Å². The van der Waals surface area contributed by atoms with Crippen molar-refractivity contribution in [3.63, 3.8) is 0 Å². The summed E-state index contributed by atoms with van der Waals surface area (Å²) in [6, 6.07) is 8.39. The Balaban J connectivity index is 1.72. The molecule has 6 heteroatoms. The maximum Gasteiger partial charge on any atom is 0.308 e. The molecule has 0 aliphatic heterocycles. The van der Waals surface area contributed by atoms with Crippen LogP contribution in [-0.4, -0.2) is 36.2 Å². The summed E-state index contributed by atoms with van der Waals surface area (Å²) in [7, 11) is 0. The van der Waals surface area contributed by atoms with Gasteiger partial charge in [0, 0.05) is 12.0 Å². The van der Waals surface area contributed by atoms with Crippen molar-refractivity contribution in [2.45, 2.75) is 51.2 Å². The van der Waals surface area contributed by atoms with Gasteiger partial charge >= 0.3 is 5.97 Å². The second kappa shape index (κ2) is 9.53. The minimum absolute atomic E-state index is 0.0572. The molecule has 1 aromatic rings. The first-order valence-electron chi connectivity index (χ1n) is 8.88. The first kappa shape index (κ1) is 19.4. The Morgan fingerprint density at radius 2 is 1.88 bits per heavy atom. The topological polar surface area (TPSA) is 102 Å². The minimum Gasteiger partial charge on any atom is -0.461 e. The van der Waals surface area contributed by atoms with Crippen LogP contribution < -0.4 is 11.1 Å². The molecule has 2 rings (SSSR count). The van der Waals surface area contributed by atoms with E-state index < -0.39 is 12.0 Å². The lowest BCUT2D eigenvalue weighted by atomic mass is 9.74. The van der Waals surface area contributed by atoms with Crippen LogP contribution in [0.3, 0.4) is 0 Å². The van der Waals surface area contributed by atoms with Gasteiger partial charge in [0.15, 0.2) is 0 Å². The van der Waals surface area contributed by atoms with Crippen molar-refractivity contribution >= 4 is 11.9 Å². The van der Waals surface area contributed by atoms with Crippen molar-refractivity contribution < 1.29 is 19.4 Å². The summed E-state index contributed by atoms with van der Waals surface area (Å²) in [5, 5.41) is 12.5. The number of aliphatic hydroxyl groups excluding tert-OH is 1.